The minimum absolute atomic E-state index is 0.0968. The molecule has 13 heteroatoms. The largest absolute Gasteiger partial charge is 0.398 e. The molecule has 52 heavy (non-hydrogen) atoms. The molecule has 6 N–H and O–H groups in total. The molecule has 0 aliphatic heterocycles. The van der Waals surface area contributed by atoms with Crippen LogP contribution in [0.1, 0.15) is 20.8 Å². The number of hydrogen-bond acceptors (Lipinski definition) is 10. The van der Waals surface area contributed by atoms with Crippen molar-refractivity contribution in [3.05, 3.63) is 128 Å². The number of carbonyl (C=O) groups excluding carboxylic acids is 1. The normalized spacial score (nSPS) is 11.2. The third kappa shape index (κ3) is 7.09. The number of aromatic nitrogens is 8. The van der Waals surface area contributed by atoms with Gasteiger partial charge in [0.15, 0.2) is 17.1 Å². The van der Waals surface area contributed by atoms with Crippen molar-refractivity contribution in [3.8, 4) is 33.9 Å². The predicted octanol–water partition coefficient (Wildman–Crippen LogP) is 7.14. The smallest absolute Gasteiger partial charge is 0.247 e. The Hall–Kier alpha value is -7.15. The number of nitrogen functional groups attached to an aromatic ring is 2. The number of rotatable bonds is 6. The van der Waals surface area contributed by atoms with E-state index in [1.54, 1.807) is 39.6 Å². The third-order valence-corrected chi connectivity index (χ3v) is 8.03. The number of pyridine rings is 4. The lowest BCUT2D eigenvalue weighted by Crippen LogP contribution is -2.28. The third-order valence-electron chi connectivity index (χ3n) is 8.03. The Bertz CT molecular complexity index is 2480. The van der Waals surface area contributed by atoms with E-state index in [2.05, 4.69) is 40.8 Å². The van der Waals surface area contributed by atoms with Crippen molar-refractivity contribution < 1.29 is 4.79 Å². The van der Waals surface area contributed by atoms with Gasteiger partial charge in [-0.2, -0.15) is 4.98 Å². The van der Waals surface area contributed by atoms with E-state index in [9.17, 15) is 4.79 Å². The zero-order valence-electron chi connectivity index (χ0n) is 28.8. The number of nitrogens with one attached hydrogen (secondary N) is 2. The van der Waals surface area contributed by atoms with Crippen molar-refractivity contribution in [3.63, 3.8) is 0 Å². The molecule has 8 rings (SSSR count). The Kier molecular flexibility index (Phi) is 8.98. The molecule has 2 aromatic carbocycles. The highest BCUT2D eigenvalue weighted by molar-refractivity contribution is 5.94. The monoisotopic (exact) mass is 688 g/mol. The van der Waals surface area contributed by atoms with Crippen LogP contribution in [-0.4, -0.2) is 45.1 Å². The molecule has 6 heterocycles. The zero-order chi connectivity index (χ0) is 36.2. The van der Waals surface area contributed by atoms with Gasteiger partial charge in [0.2, 0.25) is 11.9 Å². The number of nitrogens with zero attached hydrogens (tertiary/aromatic N) is 8. The summed E-state index contributed by atoms with van der Waals surface area (Å²) in [6.45, 7) is 5.57. The fourth-order valence-electron chi connectivity index (χ4n) is 5.37. The van der Waals surface area contributed by atoms with Crippen LogP contribution in [0.3, 0.4) is 0 Å². The van der Waals surface area contributed by atoms with Crippen LogP contribution in [-0.2, 0) is 4.79 Å². The molecule has 258 valence electrons. The number of fused-ring (bicyclic) bond motifs is 2. The van der Waals surface area contributed by atoms with E-state index in [1.807, 2.05) is 118 Å². The summed E-state index contributed by atoms with van der Waals surface area (Å²) >= 11 is 0. The van der Waals surface area contributed by atoms with Crippen LogP contribution in [0.5, 0.6) is 0 Å². The van der Waals surface area contributed by atoms with Crippen LogP contribution in [0.2, 0.25) is 0 Å². The van der Waals surface area contributed by atoms with Crippen molar-refractivity contribution >= 4 is 46.2 Å². The summed E-state index contributed by atoms with van der Waals surface area (Å²) in [5.74, 6) is 1.63. The minimum atomic E-state index is -0.498. The van der Waals surface area contributed by atoms with Crippen molar-refractivity contribution in [1.29, 1.82) is 0 Å². The molecule has 0 aliphatic carbocycles. The van der Waals surface area contributed by atoms with Crippen LogP contribution in [0, 0.1) is 5.41 Å². The van der Waals surface area contributed by atoms with Gasteiger partial charge in [-0.1, -0.05) is 93.6 Å². The minimum Gasteiger partial charge on any atom is -0.398 e. The van der Waals surface area contributed by atoms with E-state index >= 15 is 0 Å². The molecule has 0 saturated heterocycles. The fourth-order valence-corrected chi connectivity index (χ4v) is 5.37. The first-order valence-electron chi connectivity index (χ1n) is 16.5. The molecular weight excluding hydrogens is 653 g/mol. The van der Waals surface area contributed by atoms with Crippen LogP contribution in [0.25, 0.3) is 45.2 Å². The van der Waals surface area contributed by atoms with E-state index in [-0.39, 0.29) is 5.91 Å². The lowest BCUT2D eigenvalue weighted by Gasteiger charge is -2.17. The van der Waals surface area contributed by atoms with E-state index in [1.165, 1.54) is 0 Å². The summed E-state index contributed by atoms with van der Waals surface area (Å²) in [5.41, 5.74) is 18.8. The Labute approximate surface area is 299 Å². The van der Waals surface area contributed by atoms with Gasteiger partial charge in [-0.15, -0.1) is 10.2 Å². The highest BCUT2D eigenvalue weighted by atomic mass is 16.2. The molecule has 0 aliphatic rings. The molecule has 6 aromatic heterocycles. The number of anilines is 5. The predicted molar refractivity (Wildman–Crippen MR) is 205 cm³/mol. The number of benzene rings is 2. The second kappa shape index (κ2) is 14.0. The van der Waals surface area contributed by atoms with Gasteiger partial charge in [0.25, 0.3) is 0 Å². The average Bonchev–Trinajstić information content (AvgIpc) is 3.76. The number of nitrogens with two attached hydrogens (primary N) is 2. The van der Waals surface area contributed by atoms with Crippen LogP contribution in [0.15, 0.2) is 128 Å². The van der Waals surface area contributed by atoms with Gasteiger partial charge in [-0.05, 0) is 36.4 Å². The van der Waals surface area contributed by atoms with Gasteiger partial charge in [0.05, 0.1) is 17.0 Å². The zero-order valence-corrected chi connectivity index (χ0v) is 28.8. The molecule has 0 radical (unpaired) electrons. The fraction of sp³-hybridized carbons (Fsp3) is 0.103. The van der Waals surface area contributed by atoms with E-state index in [4.69, 9.17) is 11.5 Å². The summed E-state index contributed by atoms with van der Waals surface area (Å²) in [7, 11) is 0. The number of hydrogen-bond donors (Lipinski definition) is 4. The lowest BCUT2D eigenvalue weighted by molar-refractivity contribution is -0.123. The van der Waals surface area contributed by atoms with Gasteiger partial charge >= 0.3 is 0 Å². The summed E-state index contributed by atoms with van der Waals surface area (Å²) < 4.78 is 3.59. The highest BCUT2D eigenvalue weighted by Crippen LogP contribution is 2.29. The molecule has 0 bridgehead atoms. The second-order valence-corrected chi connectivity index (χ2v) is 12.9. The SMILES string of the molecule is CC(C)(C)C(=O)Nc1cc(Nc2nc3cccc(-c4ccccc4)n3n2)ccn1.Nc1ccnc(N)c1-c1nc2cccc(-c3ccccc3)n2n1. The van der Waals surface area contributed by atoms with Crippen molar-refractivity contribution in [1.82, 2.24) is 39.2 Å². The number of amides is 1. The van der Waals surface area contributed by atoms with E-state index in [0.29, 0.717) is 34.7 Å². The molecule has 8 aromatic rings. The van der Waals surface area contributed by atoms with Crippen molar-refractivity contribution in [2.45, 2.75) is 20.8 Å². The maximum atomic E-state index is 12.2. The molecule has 0 unspecified atom stereocenters. The Morgan fingerprint density at radius 3 is 1.88 bits per heavy atom. The summed E-state index contributed by atoms with van der Waals surface area (Å²) in [6, 6.07) is 37.0. The van der Waals surface area contributed by atoms with Gasteiger partial charge in [0, 0.05) is 46.4 Å². The summed E-state index contributed by atoms with van der Waals surface area (Å²) in [4.78, 5) is 29.6. The van der Waals surface area contributed by atoms with Crippen LogP contribution >= 0.6 is 0 Å². The first-order chi connectivity index (χ1) is 25.1. The average molecular weight is 689 g/mol. The molecular formula is C39H36N12O. The molecule has 0 atom stereocenters. The maximum absolute atomic E-state index is 12.2. The molecule has 0 fully saturated rings. The number of carbonyl (C=O) groups is 1. The van der Waals surface area contributed by atoms with Crippen molar-refractivity contribution in [2.75, 3.05) is 22.1 Å². The lowest BCUT2D eigenvalue weighted by atomic mass is 9.96. The topological polar surface area (TPSA) is 179 Å². The Morgan fingerprint density at radius 2 is 1.27 bits per heavy atom. The first kappa shape index (κ1) is 33.4. The van der Waals surface area contributed by atoms with Gasteiger partial charge < -0.3 is 22.1 Å². The Morgan fingerprint density at radius 1 is 0.673 bits per heavy atom. The summed E-state index contributed by atoms with van der Waals surface area (Å²) in [6.07, 6.45) is 3.20. The Balaban J connectivity index is 0.000000166. The molecule has 0 saturated carbocycles. The van der Waals surface area contributed by atoms with Crippen molar-refractivity contribution in [2.24, 2.45) is 5.41 Å². The summed E-state index contributed by atoms with van der Waals surface area (Å²) in [5, 5.41) is 15.2. The van der Waals surface area contributed by atoms with Crippen LogP contribution < -0.4 is 22.1 Å². The van der Waals surface area contributed by atoms with Gasteiger partial charge in [-0.25, -0.2) is 24.0 Å². The first-order valence-corrected chi connectivity index (χ1v) is 16.5. The highest BCUT2D eigenvalue weighted by Gasteiger charge is 2.22. The maximum Gasteiger partial charge on any atom is 0.247 e. The molecule has 0 spiro atoms. The standard InChI is InChI=1S/C22H22N6O.C17H14N6/c1-22(2,3)20(29)25-18-14-16(12-13-23-18)24-21-26-19-11-7-10-17(28(19)27-21)15-8-5-4-6-9-15;18-12-9-10-20-16(19)15(12)17-21-14-8-4-7-13(23(14)22-17)11-5-2-1-3-6-11/h4-14H,1-3H3,(H2,23,24,25,27,29);1-10H,(H4,18,19,20). The van der Waals surface area contributed by atoms with E-state index < -0.39 is 5.41 Å². The molecule has 13 nitrogen and oxygen atoms in total. The quantitative estimate of drug-likeness (QED) is 0.140. The van der Waals surface area contributed by atoms with E-state index in [0.717, 1.165) is 39.5 Å². The van der Waals surface area contributed by atoms with Gasteiger partial charge in [0.1, 0.15) is 11.6 Å². The second-order valence-electron chi connectivity index (χ2n) is 12.9. The van der Waals surface area contributed by atoms with Crippen LogP contribution in [0.4, 0.5) is 29.0 Å². The molecule has 1 amide bonds. The van der Waals surface area contributed by atoms with Gasteiger partial charge in [-0.3, -0.25) is 4.79 Å².